The van der Waals surface area contributed by atoms with E-state index in [9.17, 15) is 0 Å². The predicted molar refractivity (Wildman–Crippen MR) is 103 cm³/mol. The highest BCUT2D eigenvalue weighted by Gasteiger charge is 2.09. The minimum atomic E-state index is 0.635. The lowest BCUT2D eigenvalue weighted by Crippen LogP contribution is -1.81. The number of rotatable bonds is 3. The van der Waals surface area contributed by atoms with Crippen LogP contribution in [0.3, 0.4) is 0 Å². The summed E-state index contributed by atoms with van der Waals surface area (Å²) in [5, 5.41) is 0. The first-order chi connectivity index (χ1) is 11.8. The summed E-state index contributed by atoms with van der Waals surface area (Å²) in [6, 6.07) is 24.2. The van der Waals surface area contributed by atoms with Crippen LogP contribution < -0.4 is 0 Å². The van der Waals surface area contributed by atoms with Crippen molar-refractivity contribution in [2.45, 2.75) is 0 Å². The van der Waals surface area contributed by atoms with Gasteiger partial charge in [0.1, 0.15) is 5.52 Å². The number of hydrogen-bond donors (Lipinski definition) is 0. The topological polar surface area (TPSA) is 26.0 Å². The molecule has 0 aliphatic heterocycles. The Kier molecular flexibility index (Phi) is 4.01. The molecule has 0 bridgehead atoms. The Morgan fingerprint density at radius 1 is 0.833 bits per heavy atom. The van der Waals surface area contributed by atoms with Crippen molar-refractivity contribution >= 4 is 39.2 Å². The molecule has 0 aliphatic carbocycles. The lowest BCUT2D eigenvalue weighted by atomic mass is 10.1. The zero-order valence-electron chi connectivity index (χ0n) is 12.8. The van der Waals surface area contributed by atoms with Crippen molar-refractivity contribution in [3.63, 3.8) is 0 Å². The van der Waals surface area contributed by atoms with Crippen LogP contribution >= 0.6 is 15.9 Å². The summed E-state index contributed by atoms with van der Waals surface area (Å²) >= 11 is 3.64. The first kappa shape index (κ1) is 14.9. The largest absolute Gasteiger partial charge is 0.436 e. The lowest BCUT2D eigenvalue weighted by Gasteiger charge is -2.01. The fraction of sp³-hybridized carbons (Fsp3) is 0. The number of aromatic nitrogens is 1. The van der Waals surface area contributed by atoms with Gasteiger partial charge in [0.25, 0.3) is 0 Å². The maximum Gasteiger partial charge on any atom is 0.227 e. The third-order valence-corrected chi connectivity index (χ3v) is 4.48. The van der Waals surface area contributed by atoms with Crippen molar-refractivity contribution in [3.8, 4) is 11.5 Å². The molecule has 2 nitrogen and oxygen atoms in total. The van der Waals surface area contributed by atoms with E-state index in [1.54, 1.807) is 0 Å². The third kappa shape index (κ3) is 3.03. The summed E-state index contributed by atoms with van der Waals surface area (Å²) in [5.74, 6) is 0.635. The Morgan fingerprint density at radius 3 is 2.42 bits per heavy atom. The minimum Gasteiger partial charge on any atom is -0.436 e. The number of oxazole rings is 1. The molecule has 116 valence electrons. The summed E-state index contributed by atoms with van der Waals surface area (Å²) in [4.78, 5) is 4.54. The van der Waals surface area contributed by atoms with Gasteiger partial charge < -0.3 is 4.42 Å². The fourth-order valence-electron chi connectivity index (χ4n) is 2.54. The van der Waals surface area contributed by atoms with Crippen molar-refractivity contribution in [1.29, 1.82) is 0 Å². The van der Waals surface area contributed by atoms with Gasteiger partial charge in [-0.05, 0) is 35.4 Å². The van der Waals surface area contributed by atoms with Gasteiger partial charge in [-0.15, -0.1) is 0 Å². The Labute approximate surface area is 148 Å². The summed E-state index contributed by atoms with van der Waals surface area (Å²) in [7, 11) is 0. The molecule has 3 aromatic carbocycles. The summed E-state index contributed by atoms with van der Waals surface area (Å²) in [6.07, 6.45) is 4.19. The maximum absolute atomic E-state index is 5.83. The zero-order valence-corrected chi connectivity index (χ0v) is 14.4. The lowest BCUT2D eigenvalue weighted by molar-refractivity contribution is 0.620. The van der Waals surface area contributed by atoms with Gasteiger partial charge in [0.2, 0.25) is 5.89 Å². The first-order valence-corrected chi connectivity index (χ1v) is 8.47. The van der Waals surface area contributed by atoms with Crippen LogP contribution in [0.1, 0.15) is 11.1 Å². The van der Waals surface area contributed by atoms with E-state index in [1.165, 1.54) is 5.56 Å². The molecule has 24 heavy (non-hydrogen) atoms. The van der Waals surface area contributed by atoms with Gasteiger partial charge in [-0.3, -0.25) is 0 Å². The zero-order chi connectivity index (χ0) is 16.4. The van der Waals surface area contributed by atoms with Gasteiger partial charge in [-0.1, -0.05) is 76.6 Å². The van der Waals surface area contributed by atoms with E-state index in [-0.39, 0.29) is 0 Å². The second-order valence-electron chi connectivity index (χ2n) is 5.47. The molecule has 0 saturated heterocycles. The van der Waals surface area contributed by atoms with Crippen LogP contribution in [0, 0.1) is 0 Å². The standard InChI is InChI=1S/C21H14BrNO/c22-18-14-17(21-23-19-8-4-5-9-20(19)24-21)13-12-16(18)11-10-15-6-2-1-3-7-15/h1-14H. The van der Waals surface area contributed by atoms with Crippen LogP contribution in [-0.2, 0) is 0 Å². The van der Waals surface area contributed by atoms with E-state index in [0.29, 0.717) is 5.89 Å². The SMILES string of the molecule is Brc1cc(-c2nc3ccccc3o2)ccc1C=Cc1ccccc1. The summed E-state index contributed by atoms with van der Waals surface area (Å²) in [6.45, 7) is 0. The molecule has 0 atom stereocenters. The number of benzene rings is 3. The van der Waals surface area contributed by atoms with Crippen molar-refractivity contribution in [1.82, 2.24) is 4.98 Å². The molecule has 0 spiro atoms. The van der Waals surface area contributed by atoms with Crippen molar-refractivity contribution < 1.29 is 4.42 Å². The maximum atomic E-state index is 5.83. The smallest absolute Gasteiger partial charge is 0.227 e. The normalized spacial score (nSPS) is 11.4. The van der Waals surface area contributed by atoms with E-state index in [4.69, 9.17) is 4.42 Å². The predicted octanol–water partition coefficient (Wildman–Crippen LogP) is 6.43. The number of halogens is 1. The third-order valence-electron chi connectivity index (χ3n) is 3.80. The average molecular weight is 376 g/mol. The number of hydrogen-bond acceptors (Lipinski definition) is 2. The number of para-hydroxylation sites is 2. The van der Waals surface area contributed by atoms with E-state index in [2.05, 4.69) is 51.3 Å². The van der Waals surface area contributed by atoms with Crippen LogP contribution in [0.4, 0.5) is 0 Å². The van der Waals surface area contributed by atoms with Crippen molar-refractivity contribution in [2.24, 2.45) is 0 Å². The Hall–Kier alpha value is -2.65. The average Bonchev–Trinajstić information content (AvgIpc) is 3.06. The van der Waals surface area contributed by atoms with Gasteiger partial charge in [0.15, 0.2) is 5.58 Å². The molecule has 0 saturated carbocycles. The van der Waals surface area contributed by atoms with Crippen LogP contribution in [0.5, 0.6) is 0 Å². The summed E-state index contributed by atoms with van der Waals surface area (Å²) < 4.78 is 6.84. The molecule has 1 heterocycles. The molecule has 0 unspecified atom stereocenters. The van der Waals surface area contributed by atoms with Gasteiger partial charge in [0, 0.05) is 10.0 Å². The van der Waals surface area contributed by atoms with Gasteiger partial charge in [-0.25, -0.2) is 4.98 Å². The van der Waals surface area contributed by atoms with E-state index in [0.717, 1.165) is 26.7 Å². The Morgan fingerprint density at radius 2 is 1.62 bits per heavy atom. The number of fused-ring (bicyclic) bond motifs is 1. The van der Waals surface area contributed by atoms with E-state index in [1.807, 2.05) is 54.6 Å². The first-order valence-electron chi connectivity index (χ1n) is 7.68. The van der Waals surface area contributed by atoms with Crippen molar-refractivity contribution in [3.05, 3.63) is 88.4 Å². The van der Waals surface area contributed by atoms with Crippen LogP contribution in [0.2, 0.25) is 0 Å². The highest BCUT2D eigenvalue weighted by Crippen LogP contribution is 2.29. The molecule has 0 radical (unpaired) electrons. The van der Waals surface area contributed by atoms with Crippen LogP contribution in [0.25, 0.3) is 34.7 Å². The van der Waals surface area contributed by atoms with Gasteiger partial charge in [0.05, 0.1) is 0 Å². The monoisotopic (exact) mass is 375 g/mol. The quantitative estimate of drug-likeness (QED) is 0.385. The molecular weight excluding hydrogens is 362 g/mol. The van der Waals surface area contributed by atoms with E-state index >= 15 is 0 Å². The second-order valence-corrected chi connectivity index (χ2v) is 6.32. The molecule has 0 aliphatic rings. The molecule has 3 heteroatoms. The Bertz CT molecular complexity index is 985. The van der Waals surface area contributed by atoms with Crippen LogP contribution in [-0.4, -0.2) is 4.98 Å². The molecule has 4 rings (SSSR count). The Balaban J connectivity index is 1.65. The molecule has 0 amide bonds. The van der Waals surface area contributed by atoms with Gasteiger partial charge in [-0.2, -0.15) is 0 Å². The molecule has 0 N–H and O–H groups in total. The van der Waals surface area contributed by atoms with Crippen molar-refractivity contribution in [2.75, 3.05) is 0 Å². The highest BCUT2D eigenvalue weighted by molar-refractivity contribution is 9.10. The number of nitrogens with zero attached hydrogens (tertiary/aromatic N) is 1. The molecule has 0 fully saturated rings. The van der Waals surface area contributed by atoms with E-state index < -0.39 is 0 Å². The molecule has 4 aromatic rings. The van der Waals surface area contributed by atoms with Gasteiger partial charge >= 0.3 is 0 Å². The molecular formula is C21H14BrNO. The highest BCUT2D eigenvalue weighted by atomic mass is 79.9. The summed E-state index contributed by atoms with van der Waals surface area (Å²) in [5.41, 5.74) is 4.91. The second kappa shape index (κ2) is 6.46. The minimum absolute atomic E-state index is 0.635. The fourth-order valence-corrected chi connectivity index (χ4v) is 3.05. The van der Waals surface area contributed by atoms with Crippen LogP contribution in [0.15, 0.2) is 81.7 Å². The molecule has 1 aromatic heterocycles.